The number of aromatic nitrogens is 2. The molecular formula is C25H30N4O2S. The van der Waals surface area contributed by atoms with Gasteiger partial charge >= 0.3 is 0 Å². The smallest absolute Gasteiger partial charge is 0.273 e. The number of amides is 1. The Balaban J connectivity index is 1.44. The number of hydrogen-bond donors (Lipinski definition) is 1. The Labute approximate surface area is 192 Å². The van der Waals surface area contributed by atoms with E-state index in [4.69, 9.17) is 4.98 Å². The first-order valence-electron chi connectivity index (χ1n) is 11.7. The molecule has 2 aliphatic rings. The van der Waals surface area contributed by atoms with E-state index in [0.717, 1.165) is 43.3 Å². The normalized spacial score (nSPS) is 19.5. The van der Waals surface area contributed by atoms with E-state index in [1.54, 1.807) is 4.57 Å². The molecule has 1 saturated heterocycles. The number of rotatable bonds is 5. The zero-order chi connectivity index (χ0) is 22.1. The van der Waals surface area contributed by atoms with Crippen LogP contribution in [-0.2, 0) is 11.3 Å². The van der Waals surface area contributed by atoms with Crippen LogP contribution in [0.1, 0.15) is 49.7 Å². The van der Waals surface area contributed by atoms with Crippen LogP contribution in [0, 0.1) is 12.8 Å². The average Bonchev–Trinajstić information content (AvgIpc) is 3.49. The number of aryl methyl sites for hydroxylation is 1. The minimum Gasteiger partial charge on any atom is -0.353 e. The summed E-state index contributed by atoms with van der Waals surface area (Å²) in [5.41, 5.74) is 3.01. The van der Waals surface area contributed by atoms with Crippen molar-refractivity contribution >= 4 is 33.4 Å². The Hall–Kier alpha value is -2.67. The number of benzene rings is 1. The van der Waals surface area contributed by atoms with Gasteiger partial charge in [-0.1, -0.05) is 42.7 Å². The van der Waals surface area contributed by atoms with Gasteiger partial charge in [-0.2, -0.15) is 0 Å². The van der Waals surface area contributed by atoms with E-state index >= 15 is 0 Å². The summed E-state index contributed by atoms with van der Waals surface area (Å²) in [6.45, 7) is 3.95. The third kappa shape index (κ3) is 4.31. The lowest BCUT2D eigenvalue weighted by molar-refractivity contribution is -0.125. The van der Waals surface area contributed by atoms with Gasteiger partial charge in [0.2, 0.25) is 11.9 Å². The van der Waals surface area contributed by atoms with Crippen molar-refractivity contribution in [3.63, 3.8) is 0 Å². The Bertz CT molecular complexity index is 1160. The maximum Gasteiger partial charge on any atom is 0.273 e. The summed E-state index contributed by atoms with van der Waals surface area (Å²) >= 11 is 1.44. The fourth-order valence-electron chi connectivity index (χ4n) is 4.95. The van der Waals surface area contributed by atoms with Gasteiger partial charge in [0.15, 0.2) is 0 Å². The Kier molecular flexibility index (Phi) is 6.00. The fourth-order valence-corrected chi connectivity index (χ4v) is 5.73. The summed E-state index contributed by atoms with van der Waals surface area (Å²) in [6, 6.07) is 10.5. The monoisotopic (exact) mass is 450 g/mol. The predicted octanol–water partition coefficient (Wildman–Crippen LogP) is 4.09. The first kappa shape index (κ1) is 21.2. The van der Waals surface area contributed by atoms with Crippen molar-refractivity contribution in [2.45, 2.75) is 58.0 Å². The summed E-state index contributed by atoms with van der Waals surface area (Å²) < 4.78 is 2.48. The number of piperidine rings is 1. The van der Waals surface area contributed by atoms with E-state index < -0.39 is 0 Å². The number of carbonyl (C=O) groups excluding carboxylic acids is 1. The van der Waals surface area contributed by atoms with Gasteiger partial charge in [0.25, 0.3) is 5.56 Å². The van der Waals surface area contributed by atoms with Gasteiger partial charge in [-0.25, -0.2) is 4.98 Å². The lowest BCUT2D eigenvalue weighted by Gasteiger charge is -2.34. The molecule has 1 aliphatic carbocycles. The molecule has 1 N–H and O–H groups in total. The molecule has 2 aromatic heterocycles. The van der Waals surface area contributed by atoms with Crippen LogP contribution in [0.4, 0.5) is 5.95 Å². The zero-order valence-electron chi connectivity index (χ0n) is 18.5. The fraction of sp³-hybridized carbons (Fsp3) is 0.480. The Morgan fingerprint density at radius 3 is 2.69 bits per heavy atom. The van der Waals surface area contributed by atoms with E-state index in [0.29, 0.717) is 29.8 Å². The molecule has 1 aromatic carbocycles. The van der Waals surface area contributed by atoms with Gasteiger partial charge in [-0.05, 0) is 49.6 Å². The van der Waals surface area contributed by atoms with E-state index in [1.807, 2.05) is 11.4 Å². The number of fused-ring (bicyclic) bond motifs is 1. The van der Waals surface area contributed by atoms with Crippen molar-refractivity contribution in [1.82, 2.24) is 14.9 Å². The first-order valence-corrected chi connectivity index (χ1v) is 12.6. The predicted molar refractivity (Wildman–Crippen MR) is 129 cm³/mol. The summed E-state index contributed by atoms with van der Waals surface area (Å²) in [6.07, 6.45) is 6.40. The number of hydrogen-bond acceptors (Lipinski definition) is 5. The highest BCUT2D eigenvalue weighted by Crippen LogP contribution is 2.26. The molecular weight excluding hydrogens is 420 g/mol. The van der Waals surface area contributed by atoms with Crippen molar-refractivity contribution in [1.29, 1.82) is 0 Å². The van der Waals surface area contributed by atoms with Crippen molar-refractivity contribution in [3.05, 3.63) is 57.2 Å². The van der Waals surface area contributed by atoms with Crippen LogP contribution in [0.25, 0.3) is 10.2 Å². The lowest BCUT2D eigenvalue weighted by atomic mass is 9.97. The largest absolute Gasteiger partial charge is 0.353 e. The van der Waals surface area contributed by atoms with Gasteiger partial charge in [-0.15, -0.1) is 11.3 Å². The second-order valence-corrected chi connectivity index (χ2v) is 10.1. The molecule has 1 atom stereocenters. The summed E-state index contributed by atoms with van der Waals surface area (Å²) in [5, 5.41) is 5.19. The number of nitrogens with zero attached hydrogens (tertiary/aromatic N) is 3. The third-order valence-corrected chi connectivity index (χ3v) is 7.68. The minimum absolute atomic E-state index is 0.00175. The van der Waals surface area contributed by atoms with Crippen LogP contribution in [-0.4, -0.2) is 34.6 Å². The molecule has 7 heteroatoms. The van der Waals surface area contributed by atoms with Crippen LogP contribution in [0.15, 0.2) is 40.5 Å². The molecule has 5 rings (SSSR count). The molecule has 0 spiro atoms. The highest BCUT2D eigenvalue weighted by Gasteiger charge is 2.30. The SMILES string of the molecule is Cc1ccc(Cn2c(N3CCC[C@@H](C(=O)NC4CCCC4)C3)nc3ccsc3c2=O)cc1. The second-order valence-electron chi connectivity index (χ2n) is 9.20. The number of thiophene rings is 1. The second kappa shape index (κ2) is 9.06. The van der Waals surface area contributed by atoms with Crippen LogP contribution in [0.3, 0.4) is 0 Å². The molecule has 0 bridgehead atoms. The molecule has 0 radical (unpaired) electrons. The molecule has 6 nitrogen and oxygen atoms in total. The maximum atomic E-state index is 13.4. The van der Waals surface area contributed by atoms with Crippen LogP contribution in [0.5, 0.6) is 0 Å². The van der Waals surface area contributed by atoms with Crippen LogP contribution in [0.2, 0.25) is 0 Å². The van der Waals surface area contributed by atoms with E-state index in [1.165, 1.54) is 29.7 Å². The van der Waals surface area contributed by atoms with E-state index in [9.17, 15) is 9.59 Å². The molecule has 3 aromatic rings. The van der Waals surface area contributed by atoms with E-state index in [-0.39, 0.29) is 17.4 Å². The van der Waals surface area contributed by atoms with Crippen molar-refractivity contribution in [3.8, 4) is 0 Å². The summed E-state index contributed by atoms with van der Waals surface area (Å²) in [4.78, 5) is 33.4. The molecule has 3 heterocycles. The molecule has 168 valence electrons. The number of carbonyl (C=O) groups is 1. The topological polar surface area (TPSA) is 67.2 Å². The zero-order valence-corrected chi connectivity index (χ0v) is 19.4. The lowest BCUT2D eigenvalue weighted by Crippen LogP contribution is -2.47. The Morgan fingerprint density at radius 2 is 1.91 bits per heavy atom. The maximum absolute atomic E-state index is 13.4. The summed E-state index contributed by atoms with van der Waals surface area (Å²) in [7, 11) is 0. The van der Waals surface area contributed by atoms with Gasteiger partial charge in [-0.3, -0.25) is 14.2 Å². The average molecular weight is 451 g/mol. The van der Waals surface area contributed by atoms with Crippen molar-refractivity contribution < 1.29 is 4.79 Å². The van der Waals surface area contributed by atoms with Crippen molar-refractivity contribution in [2.24, 2.45) is 5.92 Å². The minimum atomic E-state index is -0.0627. The standard InChI is InChI=1S/C25H30N4O2S/c1-17-8-10-18(11-9-17)15-29-24(31)22-21(12-14-32-22)27-25(29)28-13-4-5-19(16-28)23(30)26-20-6-2-3-7-20/h8-12,14,19-20H,2-7,13,15-16H2,1H3,(H,26,30)/t19-/m1/s1. The highest BCUT2D eigenvalue weighted by molar-refractivity contribution is 7.17. The summed E-state index contributed by atoms with van der Waals surface area (Å²) in [5.74, 6) is 0.776. The van der Waals surface area contributed by atoms with Crippen LogP contribution >= 0.6 is 11.3 Å². The Morgan fingerprint density at radius 1 is 1.12 bits per heavy atom. The highest BCUT2D eigenvalue weighted by atomic mass is 32.1. The number of nitrogens with one attached hydrogen (secondary N) is 1. The van der Waals surface area contributed by atoms with Gasteiger partial charge in [0, 0.05) is 19.1 Å². The quantitative estimate of drug-likeness (QED) is 0.636. The van der Waals surface area contributed by atoms with Gasteiger partial charge < -0.3 is 10.2 Å². The molecule has 1 saturated carbocycles. The van der Waals surface area contributed by atoms with Gasteiger partial charge in [0.1, 0.15) is 4.70 Å². The molecule has 0 unspecified atom stereocenters. The molecule has 2 fully saturated rings. The van der Waals surface area contributed by atoms with E-state index in [2.05, 4.69) is 41.4 Å². The van der Waals surface area contributed by atoms with Crippen molar-refractivity contribution in [2.75, 3.05) is 18.0 Å². The van der Waals surface area contributed by atoms with Crippen LogP contribution < -0.4 is 15.8 Å². The molecule has 32 heavy (non-hydrogen) atoms. The number of anilines is 1. The van der Waals surface area contributed by atoms with Gasteiger partial charge in [0.05, 0.1) is 18.0 Å². The third-order valence-electron chi connectivity index (χ3n) is 6.78. The molecule has 1 amide bonds. The first-order chi connectivity index (χ1) is 15.6. The molecule has 1 aliphatic heterocycles.